The Morgan fingerprint density at radius 1 is 1.03 bits per heavy atom. The van der Waals surface area contributed by atoms with Gasteiger partial charge in [0.15, 0.2) is 0 Å². The van der Waals surface area contributed by atoms with Crippen LogP contribution < -0.4 is 5.32 Å². The molecule has 2 aromatic carbocycles. The molecule has 0 spiro atoms. The Morgan fingerprint density at radius 2 is 1.84 bits per heavy atom. The Kier molecular flexibility index (Phi) is 7.62. The lowest BCUT2D eigenvalue weighted by atomic mass is 9.89. The van der Waals surface area contributed by atoms with Crippen LogP contribution in [-0.4, -0.2) is 22.0 Å². The number of carbonyl (C=O) groups excluding carboxylic acids is 1. The Hall–Kier alpha value is -2.62. The number of nitrogens with zero attached hydrogens (tertiary/aromatic N) is 2. The molecule has 0 bridgehead atoms. The van der Waals surface area contributed by atoms with Gasteiger partial charge >= 0.3 is 0 Å². The first-order valence-corrected chi connectivity index (χ1v) is 12.4. The van der Waals surface area contributed by atoms with Crippen molar-refractivity contribution >= 4 is 16.9 Å². The van der Waals surface area contributed by atoms with E-state index in [1.54, 1.807) is 0 Å². The summed E-state index contributed by atoms with van der Waals surface area (Å²) in [4.78, 5) is 17.3. The van der Waals surface area contributed by atoms with Crippen molar-refractivity contribution in [1.29, 1.82) is 0 Å². The van der Waals surface area contributed by atoms with Crippen molar-refractivity contribution < 1.29 is 4.79 Å². The van der Waals surface area contributed by atoms with Crippen LogP contribution in [0.25, 0.3) is 11.0 Å². The third-order valence-electron chi connectivity index (χ3n) is 6.92. The Balaban J connectivity index is 1.33. The SMILES string of the molecule is Cc1ccc(C)c(Cn2c(CCCCCNC(=O)C3CCCCC3)nc3ccccc32)c1. The zero-order valence-electron chi connectivity index (χ0n) is 19.7. The van der Waals surface area contributed by atoms with Crippen LogP contribution in [0.5, 0.6) is 0 Å². The number of aryl methyl sites for hydroxylation is 3. The number of fused-ring (bicyclic) bond motifs is 1. The van der Waals surface area contributed by atoms with Crippen molar-refractivity contribution in [3.63, 3.8) is 0 Å². The molecule has 0 atom stereocenters. The van der Waals surface area contributed by atoms with Crippen molar-refractivity contribution in [2.45, 2.75) is 78.2 Å². The molecular formula is C28H37N3O. The molecule has 4 heteroatoms. The average Bonchev–Trinajstić information content (AvgIpc) is 3.16. The number of hydrogen-bond donors (Lipinski definition) is 1. The van der Waals surface area contributed by atoms with Gasteiger partial charge in [-0.2, -0.15) is 0 Å². The van der Waals surface area contributed by atoms with Crippen molar-refractivity contribution in [3.8, 4) is 0 Å². The highest BCUT2D eigenvalue weighted by molar-refractivity contribution is 5.78. The second-order valence-corrected chi connectivity index (χ2v) is 9.47. The minimum atomic E-state index is 0.258. The maximum atomic E-state index is 12.3. The molecule has 1 fully saturated rings. The number of unbranched alkanes of at least 4 members (excludes halogenated alkanes) is 2. The standard InChI is InChI=1S/C28H37N3O/c1-21-16-17-22(2)24(19-21)20-31-26-14-9-8-13-25(26)30-27(31)15-7-4-10-18-29-28(32)23-11-5-3-6-12-23/h8-9,13-14,16-17,19,23H,3-7,10-12,15,18,20H2,1-2H3,(H,29,32). The number of para-hydroxylation sites is 2. The summed E-state index contributed by atoms with van der Waals surface area (Å²) in [5.41, 5.74) is 6.27. The molecule has 3 aromatic rings. The number of rotatable bonds is 9. The minimum absolute atomic E-state index is 0.258. The summed E-state index contributed by atoms with van der Waals surface area (Å²) in [5.74, 6) is 1.70. The van der Waals surface area contributed by atoms with Gasteiger partial charge in [-0.05, 0) is 62.8 Å². The summed E-state index contributed by atoms with van der Waals surface area (Å²) in [7, 11) is 0. The molecule has 0 unspecified atom stereocenters. The van der Waals surface area contributed by atoms with Crippen molar-refractivity contribution in [1.82, 2.24) is 14.9 Å². The molecule has 1 amide bonds. The van der Waals surface area contributed by atoms with Crippen LogP contribution in [0.15, 0.2) is 42.5 Å². The molecule has 1 heterocycles. The molecule has 32 heavy (non-hydrogen) atoms. The molecule has 1 aliphatic rings. The second-order valence-electron chi connectivity index (χ2n) is 9.47. The Bertz CT molecular complexity index is 1050. The molecule has 4 rings (SSSR count). The summed E-state index contributed by atoms with van der Waals surface area (Å²) in [6.45, 7) is 6.01. The molecule has 0 aliphatic heterocycles. The number of amides is 1. The van der Waals surface area contributed by atoms with Crippen LogP contribution in [0.1, 0.15) is 73.9 Å². The number of nitrogens with one attached hydrogen (secondary N) is 1. The van der Waals surface area contributed by atoms with E-state index in [2.05, 4.69) is 66.2 Å². The lowest BCUT2D eigenvalue weighted by Gasteiger charge is -2.20. The van der Waals surface area contributed by atoms with Gasteiger partial charge in [-0.15, -0.1) is 0 Å². The van der Waals surface area contributed by atoms with Gasteiger partial charge in [0.1, 0.15) is 5.82 Å². The predicted octanol–water partition coefficient (Wildman–Crippen LogP) is 6.11. The molecule has 1 N–H and O–H groups in total. The Labute approximate surface area is 192 Å². The zero-order valence-corrected chi connectivity index (χ0v) is 19.7. The molecule has 4 nitrogen and oxygen atoms in total. The van der Waals surface area contributed by atoms with E-state index in [0.717, 1.165) is 57.1 Å². The summed E-state index contributed by atoms with van der Waals surface area (Å²) in [5, 5.41) is 3.17. The van der Waals surface area contributed by atoms with Crippen LogP contribution in [-0.2, 0) is 17.8 Å². The van der Waals surface area contributed by atoms with Gasteiger partial charge in [-0.3, -0.25) is 4.79 Å². The normalized spacial score (nSPS) is 14.7. The summed E-state index contributed by atoms with van der Waals surface area (Å²) < 4.78 is 2.39. The fourth-order valence-corrected chi connectivity index (χ4v) is 4.94. The monoisotopic (exact) mass is 431 g/mol. The van der Waals surface area contributed by atoms with Crippen LogP contribution in [0.3, 0.4) is 0 Å². The summed E-state index contributed by atoms with van der Waals surface area (Å²) in [6, 6.07) is 15.1. The fourth-order valence-electron chi connectivity index (χ4n) is 4.94. The van der Waals surface area contributed by atoms with Gasteiger partial charge in [-0.25, -0.2) is 4.98 Å². The van der Waals surface area contributed by atoms with E-state index in [9.17, 15) is 4.79 Å². The number of aromatic nitrogens is 2. The fraction of sp³-hybridized carbons (Fsp3) is 0.500. The van der Waals surface area contributed by atoms with Gasteiger partial charge in [0.05, 0.1) is 11.0 Å². The van der Waals surface area contributed by atoms with E-state index in [1.807, 2.05) is 0 Å². The third-order valence-corrected chi connectivity index (χ3v) is 6.92. The number of hydrogen-bond acceptors (Lipinski definition) is 2. The third kappa shape index (κ3) is 5.59. The summed E-state index contributed by atoms with van der Waals surface area (Å²) in [6.07, 6.45) is 10.1. The first-order chi connectivity index (χ1) is 15.6. The first kappa shape index (κ1) is 22.6. The average molecular weight is 432 g/mol. The smallest absolute Gasteiger partial charge is 0.223 e. The molecule has 0 saturated heterocycles. The maximum Gasteiger partial charge on any atom is 0.223 e. The molecule has 170 valence electrons. The zero-order chi connectivity index (χ0) is 22.3. The topological polar surface area (TPSA) is 46.9 Å². The van der Waals surface area contributed by atoms with E-state index in [0.29, 0.717) is 0 Å². The van der Waals surface area contributed by atoms with Crippen LogP contribution >= 0.6 is 0 Å². The Morgan fingerprint density at radius 3 is 2.69 bits per heavy atom. The van der Waals surface area contributed by atoms with Gasteiger partial charge < -0.3 is 9.88 Å². The minimum Gasteiger partial charge on any atom is -0.356 e. The highest BCUT2D eigenvalue weighted by atomic mass is 16.1. The van der Waals surface area contributed by atoms with Gasteiger partial charge in [0.2, 0.25) is 5.91 Å². The lowest BCUT2D eigenvalue weighted by Crippen LogP contribution is -2.32. The van der Waals surface area contributed by atoms with E-state index in [-0.39, 0.29) is 11.8 Å². The maximum absolute atomic E-state index is 12.3. The second kappa shape index (κ2) is 10.8. The van der Waals surface area contributed by atoms with Crippen molar-refractivity contribution in [3.05, 3.63) is 65.0 Å². The van der Waals surface area contributed by atoms with Gasteiger partial charge in [0, 0.05) is 25.4 Å². The summed E-state index contributed by atoms with van der Waals surface area (Å²) >= 11 is 0. The van der Waals surface area contributed by atoms with E-state index < -0.39 is 0 Å². The number of imidazole rings is 1. The first-order valence-electron chi connectivity index (χ1n) is 12.4. The van der Waals surface area contributed by atoms with E-state index >= 15 is 0 Å². The van der Waals surface area contributed by atoms with Crippen molar-refractivity contribution in [2.24, 2.45) is 5.92 Å². The molecular weight excluding hydrogens is 394 g/mol. The number of carbonyl (C=O) groups is 1. The number of benzene rings is 2. The van der Waals surface area contributed by atoms with Crippen LogP contribution in [0.2, 0.25) is 0 Å². The van der Waals surface area contributed by atoms with E-state index in [4.69, 9.17) is 4.98 Å². The van der Waals surface area contributed by atoms with Gasteiger partial charge in [0.25, 0.3) is 0 Å². The lowest BCUT2D eigenvalue weighted by molar-refractivity contribution is -0.125. The molecule has 1 aromatic heterocycles. The highest BCUT2D eigenvalue weighted by Crippen LogP contribution is 2.24. The largest absolute Gasteiger partial charge is 0.356 e. The van der Waals surface area contributed by atoms with Gasteiger partial charge in [-0.1, -0.05) is 61.6 Å². The molecule has 1 saturated carbocycles. The molecule has 1 aliphatic carbocycles. The van der Waals surface area contributed by atoms with E-state index in [1.165, 1.54) is 47.3 Å². The van der Waals surface area contributed by atoms with Crippen molar-refractivity contribution in [2.75, 3.05) is 6.54 Å². The quantitative estimate of drug-likeness (QED) is 0.415. The van der Waals surface area contributed by atoms with Crippen LogP contribution in [0.4, 0.5) is 0 Å². The molecule has 0 radical (unpaired) electrons. The van der Waals surface area contributed by atoms with Crippen LogP contribution in [0, 0.1) is 19.8 Å². The predicted molar refractivity (Wildman–Crippen MR) is 132 cm³/mol. The highest BCUT2D eigenvalue weighted by Gasteiger charge is 2.20.